The maximum Gasteiger partial charge on any atom is 0.303 e. The minimum atomic E-state index is -0.996. The SMILES string of the molecule is Cc1ccnc(Nc2cccc(-c3cnc([C@H](C)NC(=O)CCC(=O)O)s3)n2)c1. The highest BCUT2D eigenvalue weighted by atomic mass is 32.1. The van der Waals surface area contributed by atoms with E-state index in [2.05, 4.69) is 25.6 Å². The molecule has 3 heterocycles. The van der Waals surface area contributed by atoms with Crippen LogP contribution in [0.2, 0.25) is 0 Å². The summed E-state index contributed by atoms with van der Waals surface area (Å²) < 4.78 is 0. The van der Waals surface area contributed by atoms with E-state index in [0.717, 1.165) is 27.0 Å². The summed E-state index contributed by atoms with van der Waals surface area (Å²) in [6, 6.07) is 9.21. The highest BCUT2D eigenvalue weighted by Crippen LogP contribution is 2.29. The van der Waals surface area contributed by atoms with E-state index in [4.69, 9.17) is 5.11 Å². The van der Waals surface area contributed by atoms with Gasteiger partial charge in [0.15, 0.2) is 0 Å². The number of carbonyl (C=O) groups excluding carboxylic acids is 1. The Bertz CT molecular complexity index is 1020. The normalized spacial score (nSPS) is 11.7. The number of nitrogens with zero attached hydrogens (tertiary/aromatic N) is 3. The first-order valence-electron chi connectivity index (χ1n) is 9.04. The molecule has 0 spiro atoms. The summed E-state index contributed by atoms with van der Waals surface area (Å²) in [5.74, 6) is 0.0827. The van der Waals surface area contributed by atoms with Crippen LogP contribution in [0.5, 0.6) is 0 Å². The first-order chi connectivity index (χ1) is 13.9. The van der Waals surface area contributed by atoms with Gasteiger partial charge in [-0.3, -0.25) is 9.59 Å². The molecule has 0 aliphatic rings. The molecule has 0 aliphatic carbocycles. The Balaban J connectivity index is 1.68. The third-order valence-corrected chi connectivity index (χ3v) is 5.21. The fourth-order valence-electron chi connectivity index (χ4n) is 2.58. The van der Waals surface area contributed by atoms with E-state index in [1.54, 1.807) is 12.4 Å². The van der Waals surface area contributed by atoms with Gasteiger partial charge in [0.05, 0.1) is 23.0 Å². The smallest absolute Gasteiger partial charge is 0.303 e. The molecule has 0 fully saturated rings. The summed E-state index contributed by atoms with van der Waals surface area (Å²) in [6.07, 6.45) is 3.21. The van der Waals surface area contributed by atoms with Gasteiger partial charge in [0, 0.05) is 18.8 Å². The molecular weight excluding hydrogens is 390 g/mol. The van der Waals surface area contributed by atoms with Gasteiger partial charge in [0.2, 0.25) is 5.91 Å². The molecule has 0 saturated heterocycles. The number of hydrogen-bond donors (Lipinski definition) is 3. The number of thiazole rings is 1. The Morgan fingerprint density at radius 1 is 1.17 bits per heavy atom. The predicted molar refractivity (Wildman–Crippen MR) is 111 cm³/mol. The van der Waals surface area contributed by atoms with Gasteiger partial charge in [-0.25, -0.2) is 15.0 Å². The van der Waals surface area contributed by atoms with Crippen molar-refractivity contribution in [2.24, 2.45) is 0 Å². The van der Waals surface area contributed by atoms with Crippen LogP contribution in [-0.4, -0.2) is 31.9 Å². The van der Waals surface area contributed by atoms with Crippen LogP contribution in [0.3, 0.4) is 0 Å². The van der Waals surface area contributed by atoms with Crippen LogP contribution in [0, 0.1) is 6.92 Å². The van der Waals surface area contributed by atoms with E-state index in [1.165, 1.54) is 11.3 Å². The molecule has 3 aromatic rings. The molecule has 3 rings (SSSR count). The highest BCUT2D eigenvalue weighted by molar-refractivity contribution is 7.15. The Morgan fingerprint density at radius 2 is 2.00 bits per heavy atom. The van der Waals surface area contributed by atoms with Crippen molar-refractivity contribution in [2.45, 2.75) is 32.7 Å². The standard InChI is InChI=1S/C20H21N5O3S/c1-12-8-9-21-17(10-12)25-16-5-3-4-14(24-16)15-11-22-20(29-15)13(2)23-18(26)6-7-19(27)28/h3-5,8-11,13H,6-7H2,1-2H3,(H,23,26)(H,27,28)(H,21,24,25)/t13-/m0/s1. The molecule has 0 aromatic carbocycles. The third-order valence-electron chi connectivity index (χ3n) is 4.01. The second-order valence-electron chi connectivity index (χ2n) is 6.50. The number of nitrogens with one attached hydrogen (secondary N) is 2. The van der Waals surface area contributed by atoms with Gasteiger partial charge in [0.1, 0.15) is 16.6 Å². The largest absolute Gasteiger partial charge is 0.481 e. The maximum atomic E-state index is 11.8. The molecule has 0 saturated carbocycles. The van der Waals surface area contributed by atoms with E-state index >= 15 is 0 Å². The van der Waals surface area contributed by atoms with Gasteiger partial charge >= 0.3 is 5.97 Å². The molecule has 8 nitrogen and oxygen atoms in total. The van der Waals surface area contributed by atoms with E-state index in [0.29, 0.717) is 5.82 Å². The molecule has 0 bridgehead atoms. The van der Waals surface area contributed by atoms with Crippen molar-refractivity contribution < 1.29 is 14.7 Å². The van der Waals surface area contributed by atoms with Gasteiger partial charge in [-0.15, -0.1) is 11.3 Å². The zero-order valence-corrected chi connectivity index (χ0v) is 16.9. The number of carbonyl (C=O) groups is 2. The number of aliphatic carboxylic acids is 1. The van der Waals surface area contributed by atoms with E-state index in [1.807, 2.05) is 44.2 Å². The quantitative estimate of drug-likeness (QED) is 0.517. The molecule has 9 heteroatoms. The van der Waals surface area contributed by atoms with Gasteiger partial charge in [-0.2, -0.15) is 0 Å². The van der Waals surface area contributed by atoms with Crippen molar-refractivity contribution in [3.8, 4) is 10.6 Å². The maximum absolute atomic E-state index is 11.8. The third kappa shape index (κ3) is 5.82. The minimum absolute atomic E-state index is 0.0554. The van der Waals surface area contributed by atoms with E-state index < -0.39 is 5.97 Å². The van der Waals surface area contributed by atoms with Crippen molar-refractivity contribution in [1.29, 1.82) is 0 Å². The van der Waals surface area contributed by atoms with Crippen LogP contribution < -0.4 is 10.6 Å². The molecule has 0 aliphatic heterocycles. The Kier molecular flexibility index (Phi) is 6.50. The van der Waals surface area contributed by atoms with Crippen LogP contribution in [0.15, 0.2) is 42.7 Å². The van der Waals surface area contributed by atoms with Gasteiger partial charge in [0.25, 0.3) is 0 Å². The zero-order valence-electron chi connectivity index (χ0n) is 16.0. The van der Waals surface area contributed by atoms with Crippen molar-refractivity contribution in [3.05, 3.63) is 53.3 Å². The summed E-state index contributed by atoms with van der Waals surface area (Å²) >= 11 is 1.43. The Hall–Kier alpha value is -3.33. The fourth-order valence-corrected chi connectivity index (χ4v) is 3.47. The van der Waals surface area contributed by atoms with Crippen LogP contribution in [0.1, 0.15) is 36.4 Å². The summed E-state index contributed by atoms with van der Waals surface area (Å²) in [7, 11) is 0. The van der Waals surface area contributed by atoms with Crippen LogP contribution in [-0.2, 0) is 9.59 Å². The van der Waals surface area contributed by atoms with E-state index in [9.17, 15) is 9.59 Å². The van der Waals surface area contributed by atoms with Crippen LogP contribution in [0.25, 0.3) is 10.6 Å². The Morgan fingerprint density at radius 3 is 2.76 bits per heavy atom. The average molecular weight is 411 g/mol. The molecule has 0 unspecified atom stereocenters. The number of carboxylic acids is 1. The topological polar surface area (TPSA) is 117 Å². The van der Waals surface area contributed by atoms with Crippen LogP contribution in [0.4, 0.5) is 11.6 Å². The summed E-state index contributed by atoms with van der Waals surface area (Å²) in [6.45, 7) is 3.81. The lowest BCUT2D eigenvalue weighted by Crippen LogP contribution is -2.26. The molecule has 3 N–H and O–H groups in total. The molecule has 0 radical (unpaired) electrons. The number of carboxylic acid groups (broad SMARTS) is 1. The average Bonchev–Trinajstić information content (AvgIpc) is 3.17. The van der Waals surface area contributed by atoms with Gasteiger partial charge < -0.3 is 15.7 Å². The first-order valence-corrected chi connectivity index (χ1v) is 9.86. The first kappa shape index (κ1) is 20.4. The lowest BCUT2D eigenvalue weighted by molar-refractivity contribution is -0.138. The number of pyridine rings is 2. The zero-order chi connectivity index (χ0) is 20.8. The van der Waals surface area contributed by atoms with E-state index in [-0.39, 0.29) is 24.8 Å². The Labute approximate surface area is 172 Å². The van der Waals surface area contributed by atoms with Crippen LogP contribution >= 0.6 is 11.3 Å². The monoisotopic (exact) mass is 411 g/mol. The molecule has 1 atom stereocenters. The lowest BCUT2D eigenvalue weighted by Gasteiger charge is -2.10. The lowest BCUT2D eigenvalue weighted by atomic mass is 10.2. The number of aromatic nitrogens is 3. The summed E-state index contributed by atoms with van der Waals surface area (Å²) in [5.41, 5.74) is 1.86. The number of hydrogen-bond acceptors (Lipinski definition) is 7. The van der Waals surface area contributed by atoms with Crippen molar-refractivity contribution in [2.75, 3.05) is 5.32 Å². The minimum Gasteiger partial charge on any atom is -0.481 e. The van der Waals surface area contributed by atoms with Gasteiger partial charge in [-0.05, 0) is 43.7 Å². The molecular formula is C20H21N5O3S. The molecule has 3 aromatic heterocycles. The molecule has 150 valence electrons. The second-order valence-corrected chi connectivity index (χ2v) is 7.56. The number of aryl methyl sites for hydroxylation is 1. The number of rotatable bonds is 8. The predicted octanol–water partition coefficient (Wildman–Crippen LogP) is 3.69. The summed E-state index contributed by atoms with van der Waals surface area (Å²) in [5, 5.41) is 15.4. The molecule has 1 amide bonds. The molecule has 29 heavy (non-hydrogen) atoms. The van der Waals surface area contributed by atoms with Crippen molar-refractivity contribution >= 4 is 34.8 Å². The second kappa shape index (κ2) is 9.24. The number of amides is 1. The van der Waals surface area contributed by atoms with Gasteiger partial charge in [-0.1, -0.05) is 6.07 Å². The highest BCUT2D eigenvalue weighted by Gasteiger charge is 2.15. The summed E-state index contributed by atoms with van der Waals surface area (Å²) in [4.78, 5) is 36.5. The number of anilines is 2. The van der Waals surface area contributed by atoms with Crippen molar-refractivity contribution in [1.82, 2.24) is 20.3 Å². The van der Waals surface area contributed by atoms with Crippen molar-refractivity contribution in [3.63, 3.8) is 0 Å². The fraction of sp³-hybridized carbons (Fsp3) is 0.250.